The molecular formula is C27H22N2O2S. The summed E-state index contributed by atoms with van der Waals surface area (Å²) in [6, 6.07) is 30.4. The van der Waals surface area contributed by atoms with E-state index in [-0.39, 0.29) is 0 Å². The Bertz CT molecular complexity index is 1300. The maximum atomic E-state index is 6.01. The van der Waals surface area contributed by atoms with E-state index < -0.39 is 0 Å². The summed E-state index contributed by atoms with van der Waals surface area (Å²) in [5.74, 6) is 2.17. The highest BCUT2D eigenvalue weighted by atomic mass is 32.1. The van der Waals surface area contributed by atoms with Gasteiger partial charge in [0.15, 0.2) is 11.5 Å². The van der Waals surface area contributed by atoms with Crippen LogP contribution in [-0.4, -0.2) is 17.1 Å². The van der Waals surface area contributed by atoms with Crippen molar-refractivity contribution in [3.05, 3.63) is 102 Å². The highest BCUT2D eigenvalue weighted by Crippen LogP contribution is 2.37. The molecule has 0 aliphatic heterocycles. The highest BCUT2D eigenvalue weighted by molar-refractivity contribution is 7.13. The van der Waals surface area contributed by atoms with Gasteiger partial charge in [0.05, 0.1) is 23.4 Å². The van der Waals surface area contributed by atoms with Gasteiger partial charge in [-0.15, -0.1) is 11.3 Å². The van der Waals surface area contributed by atoms with Crippen LogP contribution in [0.4, 0.5) is 0 Å². The van der Waals surface area contributed by atoms with Gasteiger partial charge in [0.25, 0.3) is 0 Å². The predicted octanol–water partition coefficient (Wildman–Crippen LogP) is 7.06. The summed E-state index contributed by atoms with van der Waals surface area (Å²) in [7, 11) is 1.66. The van der Waals surface area contributed by atoms with Crippen LogP contribution in [0.15, 0.2) is 96.4 Å². The van der Waals surface area contributed by atoms with Gasteiger partial charge in [0.1, 0.15) is 12.4 Å². The molecule has 0 atom stereocenters. The van der Waals surface area contributed by atoms with Crippen LogP contribution in [0.2, 0.25) is 0 Å². The van der Waals surface area contributed by atoms with E-state index in [2.05, 4.69) is 34.6 Å². The van der Waals surface area contributed by atoms with Gasteiger partial charge in [0, 0.05) is 11.1 Å². The fraction of sp³-hybridized carbons (Fsp3) is 0.0741. The number of imidazole rings is 1. The molecule has 0 saturated heterocycles. The van der Waals surface area contributed by atoms with Gasteiger partial charge < -0.3 is 14.5 Å². The first-order chi connectivity index (χ1) is 15.8. The Labute approximate surface area is 191 Å². The standard InChI is InChI=1S/C27H22N2O2S/c1-30-23-17-21(14-15-22(23)31-18-19-9-4-2-5-10-19)27-28-25(20-11-6-3-7-12-20)26(29-27)24-13-8-16-32-24/h2-17H,18H2,1H3,(H,28,29). The topological polar surface area (TPSA) is 47.1 Å². The Hall–Kier alpha value is -3.83. The Kier molecular flexibility index (Phi) is 5.73. The second-order valence-electron chi connectivity index (χ2n) is 7.29. The number of H-pyrrole nitrogens is 1. The molecule has 0 bridgehead atoms. The molecule has 0 radical (unpaired) electrons. The van der Waals surface area contributed by atoms with Crippen LogP contribution in [0.1, 0.15) is 5.56 Å². The van der Waals surface area contributed by atoms with Crippen molar-refractivity contribution >= 4 is 11.3 Å². The lowest BCUT2D eigenvalue weighted by Crippen LogP contribution is -1.98. The second kappa shape index (κ2) is 9.12. The Morgan fingerprint density at radius 1 is 0.812 bits per heavy atom. The SMILES string of the molecule is COc1cc(-c2nc(-c3ccccc3)c(-c3cccs3)[nH]2)ccc1OCc1ccccc1. The molecule has 0 spiro atoms. The molecular weight excluding hydrogens is 416 g/mol. The van der Waals surface area contributed by atoms with Crippen LogP contribution >= 0.6 is 11.3 Å². The summed E-state index contributed by atoms with van der Waals surface area (Å²) in [5.41, 5.74) is 5.08. The molecule has 5 heteroatoms. The van der Waals surface area contributed by atoms with E-state index in [1.807, 2.05) is 66.7 Å². The minimum atomic E-state index is 0.484. The first kappa shape index (κ1) is 20.1. The molecule has 5 aromatic rings. The summed E-state index contributed by atoms with van der Waals surface area (Å²) in [6.45, 7) is 0.484. The van der Waals surface area contributed by atoms with E-state index in [0.717, 1.165) is 38.8 Å². The van der Waals surface area contributed by atoms with Crippen LogP contribution in [0.5, 0.6) is 11.5 Å². The zero-order valence-electron chi connectivity index (χ0n) is 17.6. The zero-order valence-corrected chi connectivity index (χ0v) is 18.4. The third-order valence-electron chi connectivity index (χ3n) is 5.19. The molecule has 3 aromatic carbocycles. The molecule has 0 aliphatic carbocycles. The second-order valence-corrected chi connectivity index (χ2v) is 8.24. The monoisotopic (exact) mass is 438 g/mol. The lowest BCUT2D eigenvalue weighted by atomic mass is 10.1. The van der Waals surface area contributed by atoms with Gasteiger partial charge in [0.2, 0.25) is 0 Å². The van der Waals surface area contributed by atoms with E-state index >= 15 is 0 Å². The number of aromatic nitrogens is 2. The third-order valence-corrected chi connectivity index (χ3v) is 6.08. The number of benzene rings is 3. The van der Waals surface area contributed by atoms with Crippen molar-refractivity contribution in [2.75, 3.05) is 7.11 Å². The van der Waals surface area contributed by atoms with E-state index in [4.69, 9.17) is 14.5 Å². The Morgan fingerprint density at radius 2 is 1.59 bits per heavy atom. The quantitative estimate of drug-likeness (QED) is 0.296. The average Bonchev–Trinajstić information content (AvgIpc) is 3.54. The molecule has 2 aromatic heterocycles. The molecule has 1 N–H and O–H groups in total. The largest absolute Gasteiger partial charge is 0.493 e. The minimum Gasteiger partial charge on any atom is -0.493 e. The summed E-state index contributed by atoms with van der Waals surface area (Å²) in [6.07, 6.45) is 0. The number of nitrogens with zero attached hydrogens (tertiary/aromatic N) is 1. The summed E-state index contributed by atoms with van der Waals surface area (Å²) in [4.78, 5) is 9.64. The molecule has 0 fully saturated rings. The van der Waals surface area contributed by atoms with Gasteiger partial charge in [-0.3, -0.25) is 0 Å². The number of ether oxygens (including phenoxy) is 2. The zero-order chi connectivity index (χ0) is 21.8. The highest BCUT2D eigenvalue weighted by Gasteiger charge is 2.17. The lowest BCUT2D eigenvalue weighted by molar-refractivity contribution is 0.284. The normalized spacial score (nSPS) is 10.8. The Balaban J connectivity index is 1.49. The number of methoxy groups -OCH3 is 1. The Morgan fingerprint density at radius 3 is 2.31 bits per heavy atom. The fourth-order valence-corrected chi connectivity index (χ4v) is 4.31. The molecule has 2 heterocycles. The van der Waals surface area contributed by atoms with E-state index in [1.54, 1.807) is 18.4 Å². The molecule has 32 heavy (non-hydrogen) atoms. The minimum absolute atomic E-state index is 0.484. The molecule has 4 nitrogen and oxygen atoms in total. The van der Waals surface area contributed by atoms with Gasteiger partial charge in [-0.2, -0.15) is 0 Å². The van der Waals surface area contributed by atoms with Crippen LogP contribution < -0.4 is 9.47 Å². The number of hydrogen-bond donors (Lipinski definition) is 1. The predicted molar refractivity (Wildman–Crippen MR) is 130 cm³/mol. The number of thiophene rings is 1. The molecule has 0 unspecified atom stereocenters. The van der Waals surface area contributed by atoms with Crippen LogP contribution in [0, 0.1) is 0 Å². The van der Waals surface area contributed by atoms with Crippen LogP contribution in [0.3, 0.4) is 0 Å². The van der Waals surface area contributed by atoms with Crippen LogP contribution in [0.25, 0.3) is 33.2 Å². The van der Waals surface area contributed by atoms with Gasteiger partial charge in [-0.25, -0.2) is 4.98 Å². The van der Waals surface area contributed by atoms with Crippen molar-refractivity contribution in [3.8, 4) is 44.7 Å². The van der Waals surface area contributed by atoms with E-state index in [0.29, 0.717) is 18.1 Å². The van der Waals surface area contributed by atoms with Crippen molar-refractivity contribution in [1.29, 1.82) is 0 Å². The first-order valence-electron chi connectivity index (χ1n) is 10.4. The van der Waals surface area contributed by atoms with Crippen molar-refractivity contribution < 1.29 is 9.47 Å². The fourth-order valence-electron chi connectivity index (χ4n) is 3.58. The molecule has 158 valence electrons. The first-order valence-corrected chi connectivity index (χ1v) is 11.2. The molecule has 5 rings (SSSR count). The number of aromatic amines is 1. The molecule has 0 saturated carbocycles. The number of rotatable bonds is 7. The van der Waals surface area contributed by atoms with Crippen molar-refractivity contribution in [3.63, 3.8) is 0 Å². The maximum absolute atomic E-state index is 6.01. The smallest absolute Gasteiger partial charge is 0.161 e. The number of hydrogen-bond acceptors (Lipinski definition) is 4. The molecule has 0 amide bonds. The summed E-state index contributed by atoms with van der Waals surface area (Å²) in [5, 5.41) is 2.08. The molecule has 0 aliphatic rings. The van der Waals surface area contributed by atoms with Gasteiger partial charge in [-0.1, -0.05) is 66.7 Å². The van der Waals surface area contributed by atoms with Gasteiger partial charge >= 0.3 is 0 Å². The van der Waals surface area contributed by atoms with E-state index in [9.17, 15) is 0 Å². The summed E-state index contributed by atoms with van der Waals surface area (Å²) < 4.78 is 11.6. The lowest BCUT2D eigenvalue weighted by Gasteiger charge is -2.11. The maximum Gasteiger partial charge on any atom is 0.161 e. The average molecular weight is 439 g/mol. The summed E-state index contributed by atoms with van der Waals surface area (Å²) >= 11 is 1.69. The van der Waals surface area contributed by atoms with Crippen molar-refractivity contribution in [2.24, 2.45) is 0 Å². The number of nitrogens with one attached hydrogen (secondary N) is 1. The van der Waals surface area contributed by atoms with Crippen molar-refractivity contribution in [1.82, 2.24) is 9.97 Å². The van der Waals surface area contributed by atoms with Gasteiger partial charge in [-0.05, 0) is 35.2 Å². The van der Waals surface area contributed by atoms with E-state index in [1.165, 1.54) is 0 Å². The van der Waals surface area contributed by atoms with Crippen molar-refractivity contribution in [2.45, 2.75) is 6.61 Å². The van der Waals surface area contributed by atoms with Crippen LogP contribution in [-0.2, 0) is 6.61 Å². The third kappa shape index (κ3) is 4.15.